The number of unbranched alkanes of at least 4 members (excludes halogenated alkanes) is 3. The summed E-state index contributed by atoms with van der Waals surface area (Å²) in [5.74, 6) is 0. The summed E-state index contributed by atoms with van der Waals surface area (Å²) in [6.07, 6.45) is 0.720. The summed E-state index contributed by atoms with van der Waals surface area (Å²) >= 11 is 0. The van der Waals surface area contributed by atoms with Gasteiger partial charge in [0.15, 0.2) is 6.10 Å². The summed E-state index contributed by atoms with van der Waals surface area (Å²) in [6, 6.07) is 7.60. The minimum absolute atomic E-state index is 0.230. The Labute approximate surface area is 137 Å². The van der Waals surface area contributed by atoms with Crippen molar-refractivity contribution in [2.45, 2.75) is 63.4 Å². The molecule has 0 saturated carbocycles. The molecule has 4 N–H and O–H groups in total. The van der Waals surface area contributed by atoms with Crippen molar-refractivity contribution in [2.24, 2.45) is 0 Å². The molecule has 1 aromatic rings. The zero-order chi connectivity index (χ0) is 16.8. The Morgan fingerprint density at radius 2 is 1.74 bits per heavy atom. The summed E-state index contributed by atoms with van der Waals surface area (Å²) < 4.78 is 5.59. The normalized spacial score (nSPS) is 28.9. The Bertz CT molecular complexity index is 476. The fourth-order valence-corrected chi connectivity index (χ4v) is 2.95. The maximum Gasteiger partial charge on any atom is 0.158 e. The lowest BCUT2D eigenvalue weighted by molar-refractivity contribution is -0.184. The van der Waals surface area contributed by atoms with Gasteiger partial charge in [-0.3, -0.25) is 0 Å². The van der Waals surface area contributed by atoms with Gasteiger partial charge in [0.2, 0.25) is 0 Å². The van der Waals surface area contributed by atoms with E-state index in [1.165, 1.54) is 12.8 Å². The predicted molar refractivity (Wildman–Crippen MR) is 86.6 cm³/mol. The molecule has 1 aliphatic heterocycles. The van der Waals surface area contributed by atoms with Crippen molar-refractivity contribution in [3.05, 3.63) is 41.5 Å². The predicted octanol–water partition coefficient (Wildman–Crippen LogP) is 1.16. The van der Waals surface area contributed by atoms with E-state index in [1.807, 2.05) is 24.3 Å². The number of rotatable bonds is 7. The highest BCUT2D eigenvalue weighted by atomic mass is 16.5. The number of aryl methyl sites for hydroxylation is 1. The van der Waals surface area contributed by atoms with Gasteiger partial charge in [0.1, 0.15) is 24.4 Å². The van der Waals surface area contributed by atoms with E-state index < -0.39 is 31.0 Å². The molecule has 0 aliphatic carbocycles. The van der Waals surface area contributed by atoms with Crippen molar-refractivity contribution in [1.29, 1.82) is 0 Å². The third kappa shape index (κ3) is 4.31. The second-order valence-electron chi connectivity index (χ2n) is 6.10. The molecule has 1 radical (unpaired) electrons. The van der Waals surface area contributed by atoms with Crippen LogP contribution >= 0.6 is 0 Å². The van der Waals surface area contributed by atoms with Gasteiger partial charge in [0.05, 0.1) is 6.61 Å². The largest absolute Gasteiger partial charge is 0.394 e. The molecule has 0 aromatic heterocycles. The van der Waals surface area contributed by atoms with Crippen molar-refractivity contribution >= 4 is 0 Å². The summed E-state index contributed by atoms with van der Waals surface area (Å²) in [6.45, 7) is 1.74. The van der Waals surface area contributed by atoms with Crippen LogP contribution in [0.3, 0.4) is 0 Å². The molecule has 4 atom stereocenters. The molecular weight excluding hydrogens is 296 g/mol. The first kappa shape index (κ1) is 18.4. The molecule has 1 saturated heterocycles. The van der Waals surface area contributed by atoms with Gasteiger partial charge in [-0.2, -0.15) is 0 Å². The van der Waals surface area contributed by atoms with E-state index >= 15 is 0 Å². The molecule has 1 fully saturated rings. The van der Waals surface area contributed by atoms with Crippen molar-refractivity contribution in [2.75, 3.05) is 6.61 Å². The van der Waals surface area contributed by atoms with Gasteiger partial charge in [0.25, 0.3) is 0 Å². The van der Waals surface area contributed by atoms with Crippen LogP contribution in [-0.4, -0.2) is 51.4 Å². The highest BCUT2D eigenvalue weighted by Gasteiger charge is 2.45. The number of aliphatic hydroxyl groups excluding tert-OH is 4. The molecule has 0 spiro atoms. The number of aliphatic hydroxyl groups is 4. The van der Waals surface area contributed by atoms with Crippen LogP contribution < -0.4 is 0 Å². The Hall–Kier alpha value is -0.980. The number of ether oxygens (including phenoxy) is 1. The molecular formula is C18H27O5. The fraction of sp³-hybridized carbons (Fsp3) is 0.611. The zero-order valence-electron chi connectivity index (χ0n) is 13.6. The van der Waals surface area contributed by atoms with Gasteiger partial charge in [-0.25, -0.2) is 0 Å². The summed E-state index contributed by atoms with van der Waals surface area (Å²) in [5, 5.41) is 39.4. The van der Waals surface area contributed by atoms with Crippen LogP contribution in [0.4, 0.5) is 0 Å². The van der Waals surface area contributed by atoms with E-state index in [-0.39, 0.29) is 6.10 Å². The van der Waals surface area contributed by atoms with Gasteiger partial charge >= 0.3 is 0 Å². The van der Waals surface area contributed by atoms with Gasteiger partial charge in [-0.05, 0) is 24.0 Å². The van der Waals surface area contributed by atoms with Crippen molar-refractivity contribution < 1.29 is 25.2 Å². The van der Waals surface area contributed by atoms with Gasteiger partial charge in [-0.15, -0.1) is 0 Å². The van der Waals surface area contributed by atoms with E-state index in [0.29, 0.717) is 0 Å². The maximum atomic E-state index is 10.3. The second-order valence-corrected chi connectivity index (χ2v) is 6.10. The minimum Gasteiger partial charge on any atom is -0.394 e. The lowest BCUT2D eigenvalue weighted by Crippen LogP contribution is -2.55. The number of hydrogen-bond donors (Lipinski definition) is 4. The highest BCUT2D eigenvalue weighted by Crippen LogP contribution is 2.33. The van der Waals surface area contributed by atoms with E-state index in [9.17, 15) is 20.4 Å². The third-order valence-electron chi connectivity index (χ3n) is 4.36. The van der Waals surface area contributed by atoms with Crippen molar-refractivity contribution in [1.82, 2.24) is 0 Å². The summed E-state index contributed by atoms with van der Waals surface area (Å²) in [4.78, 5) is 0. The molecule has 0 amide bonds. The van der Waals surface area contributed by atoms with E-state index in [2.05, 4.69) is 6.92 Å². The van der Waals surface area contributed by atoms with Crippen molar-refractivity contribution in [3.63, 3.8) is 0 Å². The lowest BCUT2D eigenvalue weighted by Gasteiger charge is -2.40. The molecule has 23 heavy (non-hydrogen) atoms. The molecule has 2 rings (SSSR count). The number of hydrogen-bond acceptors (Lipinski definition) is 5. The first-order valence-electron chi connectivity index (χ1n) is 8.37. The van der Waals surface area contributed by atoms with E-state index in [0.717, 1.165) is 30.4 Å². The second kappa shape index (κ2) is 8.76. The Balaban J connectivity index is 2.16. The van der Waals surface area contributed by atoms with Gasteiger partial charge < -0.3 is 25.2 Å². The fourth-order valence-electron chi connectivity index (χ4n) is 2.95. The van der Waals surface area contributed by atoms with E-state index in [1.54, 1.807) is 0 Å². The van der Waals surface area contributed by atoms with Gasteiger partial charge in [0, 0.05) is 0 Å². The van der Waals surface area contributed by atoms with Crippen LogP contribution in [0.25, 0.3) is 0 Å². The van der Waals surface area contributed by atoms with Crippen LogP contribution in [0.1, 0.15) is 43.7 Å². The minimum atomic E-state index is -1.37. The standard InChI is InChI=1S/C18H27O5/c1-2-3-4-5-8-12-9-6-7-10-13(12)18-17(22)16(21)15(20)14(11-19)23-18/h6-7,9-10,14-17,19-22H,2-5,8,11H2,1H3/t14-,15-,16+,17-/m1/s1. The van der Waals surface area contributed by atoms with Crippen molar-refractivity contribution in [3.8, 4) is 0 Å². The topological polar surface area (TPSA) is 90.2 Å². The Morgan fingerprint density at radius 3 is 2.43 bits per heavy atom. The van der Waals surface area contributed by atoms with Gasteiger partial charge in [-0.1, -0.05) is 50.5 Å². The maximum absolute atomic E-state index is 10.3. The van der Waals surface area contributed by atoms with Crippen LogP contribution in [0.15, 0.2) is 24.3 Å². The summed E-state index contributed by atoms with van der Waals surface area (Å²) in [7, 11) is 0. The number of benzene rings is 1. The van der Waals surface area contributed by atoms with Crippen LogP contribution in [0, 0.1) is 6.10 Å². The monoisotopic (exact) mass is 323 g/mol. The zero-order valence-corrected chi connectivity index (χ0v) is 13.6. The third-order valence-corrected chi connectivity index (χ3v) is 4.36. The molecule has 1 heterocycles. The molecule has 1 aromatic carbocycles. The van der Waals surface area contributed by atoms with Crippen LogP contribution in [0.2, 0.25) is 0 Å². The quantitative estimate of drug-likeness (QED) is 0.566. The molecule has 0 bridgehead atoms. The molecule has 1 aliphatic rings. The smallest absolute Gasteiger partial charge is 0.158 e. The molecule has 0 unspecified atom stereocenters. The highest BCUT2D eigenvalue weighted by molar-refractivity contribution is 5.39. The van der Waals surface area contributed by atoms with Crippen LogP contribution in [0.5, 0.6) is 0 Å². The first-order chi connectivity index (χ1) is 11.1. The first-order valence-corrected chi connectivity index (χ1v) is 8.37. The van der Waals surface area contributed by atoms with Crippen LogP contribution in [-0.2, 0) is 11.2 Å². The molecule has 129 valence electrons. The SMILES string of the molecule is CCCCCCc1ccccc1[C]1O[C@H](CO)[C@@H](O)[C@H](O)[C@H]1O. The molecule has 5 heteroatoms. The average molecular weight is 323 g/mol. The Morgan fingerprint density at radius 1 is 1.00 bits per heavy atom. The molecule has 5 nitrogen and oxygen atoms in total. The lowest BCUT2D eigenvalue weighted by atomic mass is 9.88. The average Bonchev–Trinajstić information content (AvgIpc) is 2.58. The summed E-state index contributed by atoms with van der Waals surface area (Å²) in [5.41, 5.74) is 1.78. The Kier molecular flexibility index (Phi) is 6.99. The van der Waals surface area contributed by atoms with E-state index in [4.69, 9.17) is 4.74 Å².